The van der Waals surface area contributed by atoms with Crippen molar-refractivity contribution >= 4 is 0 Å². The van der Waals surface area contributed by atoms with Crippen LogP contribution in [-0.4, -0.2) is 0 Å². The lowest BCUT2D eigenvalue weighted by Crippen LogP contribution is -1.79. The molecule has 0 rings (SSSR count). The van der Waals surface area contributed by atoms with Gasteiger partial charge in [0.15, 0.2) is 0 Å². The highest BCUT2D eigenvalue weighted by atomic mass is 13.9. The minimum absolute atomic E-state index is 0.528. The molecular formula is C13H22. The third kappa shape index (κ3) is 11.3. The molecule has 0 aromatic heterocycles. The zero-order valence-corrected chi connectivity index (χ0v) is 9.10. The summed E-state index contributed by atoms with van der Waals surface area (Å²) in [5.74, 6) is 6.92. The van der Waals surface area contributed by atoms with Crippen LogP contribution in [0.4, 0.5) is 0 Å². The van der Waals surface area contributed by atoms with Gasteiger partial charge in [-0.3, -0.25) is 0 Å². The van der Waals surface area contributed by atoms with E-state index >= 15 is 0 Å². The number of hydrogen-bond donors (Lipinski definition) is 0. The summed E-state index contributed by atoms with van der Waals surface area (Å²) in [5, 5.41) is 0. The fourth-order valence-electron chi connectivity index (χ4n) is 1.13. The van der Waals surface area contributed by atoms with Crippen molar-refractivity contribution in [3.05, 3.63) is 12.7 Å². The Labute approximate surface area is 83.4 Å². The van der Waals surface area contributed by atoms with Crippen molar-refractivity contribution in [2.24, 2.45) is 5.92 Å². The fourth-order valence-corrected chi connectivity index (χ4v) is 1.13. The van der Waals surface area contributed by atoms with Crippen molar-refractivity contribution < 1.29 is 0 Å². The maximum atomic E-state index is 3.70. The summed E-state index contributed by atoms with van der Waals surface area (Å²) in [6, 6.07) is 0. The molecule has 0 nitrogen and oxygen atoms in total. The van der Waals surface area contributed by atoms with Crippen LogP contribution < -0.4 is 0 Å². The molecule has 0 aliphatic heterocycles. The van der Waals surface area contributed by atoms with Gasteiger partial charge in [0.1, 0.15) is 0 Å². The lowest BCUT2D eigenvalue weighted by atomic mass is 10.1. The molecular weight excluding hydrogens is 156 g/mol. The molecule has 0 N–H and O–H groups in total. The third-order valence-corrected chi connectivity index (χ3v) is 1.85. The minimum Gasteiger partial charge on any atom is -0.103 e. The van der Waals surface area contributed by atoms with Crippen molar-refractivity contribution in [3.63, 3.8) is 0 Å². The van der Waals surface area contributed by atoms with Crippen molar-refractivity contribution in [3.8, 4) is 11.8 Å². The second kappa shape index (κ2) is 9.39. The Hall–Kier alpha value is -0.700. The fraction of sp³-hybridized carbons (Fsp3) is 0.692. The van der Waals surface area contributed by atoms with E-state index in [-0.39, 0.29) is 0 Å². The van der Waals surface area contributed by atoms with Gasteiger partial charge in [-0.15, -0.1) is 18.4 Å². The summed E-state index contributed by atoms with van der Waals surface area (Å²) in [7, 11) is 0. The summed E-state index contributed by atoms with van der Waals surface area (Å²) >= 11 is 0. The Morgan fingerprint density at radius 2 is 1.85 bits per heavy atom. The largest absolute Gasteiger partial charge is 0.103 e. The molecule has 0 radical (unpaired) electrons. The second-order valence-corrected chi connectivity index (χ2v) is 3.72. The molecule has 13 heavy (non-hydrogen) atoms. The first-order chi connectivity index (χ1) is 6.27. The molecule has 0 spiro atoms. The van der Waals surface area contributed by atoms with Gasteiger partial charge in [-0.2, -0.15) is 0 Å². The highest BCUT2D eigenvalue weighted by Crippen LogP contribution is 2.04. The van der Waals surface area contributed by atoms with Crippen LogP contribution in [0.15, 0.2) is 12.7 Å². The number of hydrogen-bond acceptors (Lipinski definition) is 0. The predicted molar refractivity (Wildman–Crippen MR) is 60.5 cm³/mol. The molecule has 0 saturated heterocycles. The highest BCUT2D eigenvalue weighted by molar-refractivity contribution is 5.00. The van der Waals surface area contributed by atoms with E-state index in [4.69, 9.17) is 0 Å². The molecule has 74 valence electrons. The monoisotopic (exact) mass is 178 g/mol. The molecule has 0 heteroatoms. The summed E-state index contributed by atoms with van der Waals surface area (Å²) < 4.78 is 0. The van der Waals surface area contributed by atoms with E-state index < -0.39 is 0 Å². The van der Waals surface area contributed by atoms with Crippen LogP contribution in [0, 0.1) is 17.8 Å². The van der Waals surface area contributed by atoms with Gasteiger partial charge in [0.05, 0.1) is 0 Å². The average molecular weight is 178 g/mol. The van der Waals surface area contributed by atoms with Crippen LogP contribution in [0.5, 0.6) is 0 Å². The first-order valence-electron chi connectivity index (χ1n) is 5.36. The number of unbranched alkanes of at least 4 members (excludes halogenated alkanes) is 5. The van der Waals surface area contributed by atoms with Gasteiger partial charge in [0.25, 0.3) is 0 Å². The normalized spacial score (nSPS) is 9.46. The van der Waals surface area contributed by atoms with Gasteiger partial charge in [0, 0.05) is 12.3 Å². The SMILES string of the molecule is C=CCCCCCCC#CC(C)C. The van der Waals surface area contributed by atoms with Crippen molar-refractivity contribution in [2.75, 3.05) is 0 Å². The zero-order valence-electron chi connectivity index (χ0n) is 9.10. The summed E-state index contributed by atoms with van der Waals surface area (Å²) in [4.78, 5) is 0. The molecule has 0 aromatic rings. The van der Waals surface area contributed by atoms with Crippen LogP contribution >= 0.6 is 0 Å². The van der Waals surface area contributed by atoms with Crippen LogP contribution in [0.2, 0.25) is 0 Å². The molecule has 0 heterocycles. The summed E-state index contributed by atoms with van der Waals surface area (Å²) in [6.07, 6.45) is 9.44. The smallest absolute Gasteiger partial charge is 0.0146 e. The van der Waals surface area contributed by atoms with Crippen LogP contribution in [-0.2, 0) is 0 Å². The number of rotatable bonds is 6. The lowest BCUT2D eigenvalue weighted by Gasteiger charge is -1.95. The van der Waals surface area contributed by atoms with Gasteiger partial charge in [0.2, 0.25) is 0 Å². The standard InChI is InChI=1S/C13H22/c1-4-5-6-7-8-9-10-11-12-13(2)3/h4,13H,1,5-10H2,2-3H3. The second-order valence-electron chi connectivity index (χ2n) is 3.72. The van der Waals surface area contributed by atoms with Gasteiger partial charge >= 0.3 is 0 Å². The lowest BCUT2D eigenvalue weighted by molar-refractivity contribution is 0.656. The van der Waals surface area contributed by atoms with Crippen molar-refractivity contribution in [1.82, 2.24) is 0 Å². The van der Waals surface area contributed by atoms with E-state index in [9.17, 15) is 0 Å². The van der Waals surface area contributed by atoms with Gasteiger partial charge in [-0.25, -0.2) is 0 Å². The van der Waals surface area contributed by atoms with E-state index in [1.807, 2.05) is 6.08 Å². The average Bonchev–Trinajstić information content (AvgIpc) is 2.09. The van der Waals surface area contributed by atoms with E-state index in [1.165, 1.54) is 25.7 Å². The first kappa shape index (κ1) is 12.3. The van der Waals surface area contributed by atoms with Crippen LogP contribution in [0.25, 0.3) is 0 Å². The topological polar surface area (TPSA) is 0 Å². The van der Waals surface area contributed by atoms with E-state index in [0.717, 1.165) is 12.8 Å². The quantitative estimate of drug-likeness (QED) is 0.325. The highest BCUT2D eigenvalue weighted by Gasteiger charge is 1.87. The van der Waals surface area contributed by atoms with Crippen LogP contribution in [0.3, 0.4) is 0 Å². The van der Waals surface area contributed by atoms with Crippen molar-refractivity contribution in [1.29, 1.82) is 0 Å². The number of allylic oxidation sites excluding steroid dienone is 1. The molecule has 0 saturated carbocycles. The summed E-state index contributed by atoms with van der Waals surface area (Å²) in [6.45, 7) is 7.98. The van der Waals surface area contributed by atoms with Crippen molar-refractivity contribution in [2.45, 2.75) is 52.4 Å². The Kier molecular flexibility index (Phi) is 8.88. The molecule has 0 aliphatic carbocycles. The molecule has 0 unspecified atom stereocenters. The predicted octanol–water partition coefficient (Wildman–Crippen LogP) is 4.17. The zero-order chi connectivity index (χ0) is 9.94. The van der Waals surface area contributed by atoms with E-state index in [2.05, 4.69) is 32.3 Å². The minimum atomic E-state index is 0.528. The maximum absolute atomic E-state index is 3.70. The Morgan fingerprint density at radius 3 is 2.46 bits per heavy atom. The Balaban J connectivity index is 3.09. The maximum Gasteiger partial charge on any atom is 0.0146 e. The summed E-state index contributed by atoms with van der Waals surface area (Å²) in [5.41, 5.74) is 0. The third-order valence-electron chi connectivity index (χ3n) is 1.85. The molecule has 0 fully saturated rings. The van der Waals surface area contributed by atoms with Gasteiger partial charge < -0.3 is 0 Å². The van der Waals surface area contributed by atoms with Gasteiger partial charge in [-0.05, 0) is 19.3 Å². The molecule has 0 bridgehead atoms. The van der Waals surface area contributed by atoms with Crippen LogP contribution in [0.1, 0.15) is 52.4 Å². The molecule has 0 atom stereocenters. The molecule has 0 aliphatic rings. The van der Waals surface area contributed by atoms with E-state index in [1.54, 1.807) is 0 Å². The van der Waals surface area contributed by atoms with Gasteiger partial charge in [-0.1, -0.05) is 32.8 Å². The van der Waals surface area contributed by atoms with E-state index in [0.29, 0.717) is 5.92 Å². The molecule has 0 amide bonds. The Morgan fingerprint density at radius 1 is 1.15 bits per heavy atom. The first-order valence-corrected chi connectivity index (χ1v) is 5.36. The molecule has 0 aromatic carbocycles. The Bertz CT molecular complexity index is 166.